The molecule has 4 unspecified atom stereocenters. The predicted octanol–water partition coefficient (Wildman–Crippen LogP) is -1.30. The molecule has 0 spiro atoms. The molecule has 0 radical (unpaired) electrons. The summed E-state index contributed by atoms with van der Waals surface area (Å²) in [6.07, 6.45) is -2.56. The number of nitrogens with one attached hydrogen (secondary N) is 1. The normalized spacial score (nSPS) is 30.8. The molecular weight excluding hydrogens is 605 g/mol. The van der Waals surface area contributed by atoms with Crippen molar-refractivity contribution in [3.05, 3.63) is 39.4 Å². The number of imidazole rings is 1. The molecule has 0 aliphatic carbocycles. The predicted molar refractivity (Wildman–Crippen MR) is 151 cm³/mol. The second kappa shape index (κ2) is 12.3. The molecule has 6 heterocycles. The molecule has 3 saturated heterocycles. The Balaban J connectivity index is 1.21. The lowest BCUT2D eigenvalue weighted by Crippen LogP contribution is -2.36. The second-order valence-corrected chi connectivity index (χ2v) is 12.7. The summed E-state index contributed by atoms with van der Waals surface area (Å²) in [6, 6.07) is 1.44. The fourth-order valence-corrected chi connectivity index (χ4v) is 7.75. The van der Waals surface area contributed by atoms with E-state index in [1.54, 1.807) is 4.67 Å². The van der Waals surface area contributed by atoms with Crippen molar-refractivity contribution < 1.29 is 38.0 Å². The number of H-pyrrole nitrogens is 1. The average Bonchev–Trinajstić information content (AvgIpc) is 3.78. The third-order valence-corrected chi connectivity index (χ3v) is 10.0. The van der Waals surface area contributed by atoms with E-state index < -0.39 is 68.6 Å². The second-order valence-electron chi connectivity index (χ2n) is 10.7. The zero-order valence-electron chi connectivity index (χ0n) is 23.7. The van der Waals surface area contributed by atoms with Gasteiger partial charge in [0.25, 0.3) is 5.56 Å². The van der Waals surface area contributed by atoms with Crippen LogP contribution in [0.1, 0.15) is 31.7 Å². The van der Waals surface area contributed by atoms with Crippen molar-refractivity contribution in [2.45, 2.75) is 62.2 Å². The molecule has 0 amide bonds. The number of aliphatic hydroxyl groups excluding tert-OH is 2. The maximum absolute atomic E-state index is 14.4. The van der Waals surface area contributed by atoms with Crippen LogP contribution in [0.3, 0.4) is 0 Å². The van der Waals surface area contributed by atoms with Gasteiger partial charge in [0.2, 0.25) is 5.95 Å². The number of rotatable bonds is 10. The standard InChI is InChI=1S/C24H34N9O10P/c1-39-19-18(35)14(42-22(19)33-11-27-17-20(33)29-23(26)30-21(17)36)10-40-44(38,31-5-2-3-6-31)43-12-8-16(41-13(12)9-34)32-7-4-15(25)28-24(32)37/h4,7,11-14,16,18-19,22,34-35H,2-3,5-6,8-10H2,1H3,(H2,25,28,37)(H3,26,29,30,36)/t12?,13-,14-,16-,18?,19?,22-,44?/m1/s1. The summed E-state index contributed by atoms with van der Waals surface area (Å²) in [4.78, 5) is 39.0. The number of ether oxygens (including phenoxy) is 3. The van der Waals surface area contributed by atoms with Gasteiger partial charge in [0.05, 0.1) is 19.5 Å². The topological polar surface area (TPSA) is 257 Å². The van der Waals surface area contributed by atoms with E-state index in [4.69, 9.17) is 34.7 Å². The van der Waals surface area contributed by atoms with E-state index in [1.165, 1.54) is 34.8 Å². The van der Waals surface area contributed by atoms with Crippen molar-refractivity contribution in [1.29, 1.82) is 0 Å². The van der Waals surface area contributed by atoms with Crippen LogP contribution in [-0.4, -0.2) is 108 Å². The first kappa shape index (κ1) is 30.8. The van der Waals surface area contributed by atoms with Crippen LogP contribution in [0.2, 0.25) is 0 Å². The van der Waals surface area contributed by atoms with Gasteiger partial charge in [-0.25, -0.2) is 19.0 Å². The van der Waals surface area contributed by atoms with Gasteiger partial charge in [0.1, 0.15) is 42.6 Å². The summed E-state index contributed by atoms with van der Waals surface area (Å²) < 4.78 is 48.1. The van der Waals surface area contributed by atoms with Gasteiger partial charge >= 0.3 is 13.4 Å². The lowest BCUT2D eigenvalue weighted by Gasteiger charge is -2.30. The van der Waals surface area contributed by atoms with Crippen molar-refractivity contribution in [3.8, 4) is 0 Å². The van der Waals surface area contributed by atoms with Crippen LogP contribution >= 0.6 is 7.75 Å². The van der Waals surface area contributed by atoms with Crippen molar-refractivity contribution in [3.63, 3.8) is 0 Å². The van der Waals surface area contributed by atoms with Gasteiger partial charge in [-0.2, -0.15) is 9.97 Å². The molecule has 0 aromatic carbocycles. The van der Waals surface area contributed by atoms with Gasteiger partial charge in [-0.1, -0.05) is 0 Å². The van der Waals surface area contributed by atoms with Gasteiger partial charge in [0, 0.05) is 32.8 Å². The van der Waals surface area contributed by atoms with Crippen LogP contribution < -0.4 is 22.7 Å². The lowest BCUT2D eigenvalue weighted by molar-refractivity contribution is -0.0614. The highest BCUT2D eigenvalue weighted by Crippen LogP contribution is 2.57. The quantitative estimate of drug-likeness (QED) is 0.161. The number of hydrogen-bond acceptors (Lipinski definition) is 15. The summed E-state index contributed by atoms with van der Waals surface area (Å²) in [5, 5.41) is 21.1. The fourth-order valence-electron chi connectivity index (χ4n) is 5.72. The monoisotopic (exact) mass is 639 g/mol. The molecule has 19 nitrogen and oxygen atoms in total. The van der Waals surface area contributed by atoms with Crippen LogP contribution in [0.25, 0.3) is 11.2 Å². The van der Waals surface area contributed by atoms with E-state index in [0.717, 1.165) is 12.8 Å². The summed E-state index contributed by atoms with van der Waals surface area (Å²) >= 11 is 0. The first-order valence-electron chi connectivity index (χ1n) is 14.0. The van der Waals surface area contributed by atoms with Gasteiger partial charge in [-0.15, -0.1) is 0 Å². The molecule has 3 fully saturated rings. The van der Waals surface area contributed by atoms with Crippen LogP contribution in [0.4, 0.5) is 11.8 Å². The average molecular weight is 640 g/mol. The van der Waals surface area contributed by atoms with E-state index in [1.807, 2.05) is 0 Å². The van der Waals surface area contributed by atoms with E-state index in [9.17, 15) is 24.4 Å². The first-order valence-corrected chi connectivity index (χ1v) is 15.5. The number of nitrogens with two attached hydrogens (primary N) is 2. The molecule has 7 N–H and O–H groups in total. The summed E-state index contributed by atoms with van der Waals surface area (Å²) in [5.74, 6) is -0.0792. The Labute approximate surface area is 249 Å². The zero-order chi connectivity index (χ0) is 31.2. The third-order valence-electron chi connectivity index (χ3n) is 7.93. The summed E-state index contributed by atoms with van der Waals surface area (Å²) in [5.41, 5.74) is 10.3. The smallest absolute Gasteiger partial charge is 0.394 e. The number of methoxy groups -OCH3 is 1. The molecular formula is C24H34N9O10P. The molecule has 3 aliphatic heterocycles. The Morgan fingerprint density at radius 2 is 1.93 bits per heavy atom. The highest BCUT2D eigenvalue weighted by Gasteiger charge is 2.49. The molecule has 44 heavy (non-hydrogen) atoms. The van der Waals surface area contributed by atoms with Gasteiger partial charge in [-0.3, -0.25) is 28.0 Å². The Morgan fingerprint density at radius 1 is 1.16 bits per heavy atom. The maximum atomic E-state index is 14.4. The van der Waals surface area contributed by atoms with Crippen LogP contribution in [0.5, 0.6) is 0 Å². The van der Waals surface area contributed by atoms with Crippen molar-refractivity contribution in [1.82, 2.24) is 33.7 Å². The molecule has 8 atom stereocenters. The molecule has 6 rings (SSSR count). The Bertz CT molecular complexity index is 1660. The molecule has 240 valence electrons. The van der Waals surface area contributed by atoms with E-state index in [-0.39, 0.29) is 36.0 Å². The van der Waals surface area contributed by atoms with Crippen LogP contribution in [0.15, 0.2) is 28.2 Å². The minimum atomic E-state index is -4.05. The largest absolute Gasteiger partial charge is 0.408 e. The SMILES string of the molecule is COC1C(O)[C@@H](COP(=O)(OC2C[C@H](n3ccc(N)nc3=O)O[C@@H]2CO)N2CCCC2)O[C@H]1n1cnc2c(=O)[nH]c(N)nc21. The number of nitrogen functional groups attached to an aromatic ring is 2. The number of fused-ring (bicyclic) bond motifs is 1. The van der Waals surface area contributed by atoms with E-state index >= 15 is 0 Å². The Kier molecular flexibility index (Phi) is 8.57. The number of nitrogens with zero attached hydrogens (tertiary/aromatic N) is 6. The molecule has 20 heteroatoms. The Hall–Kier alpha value is -3.26. The van der Waals surface area contributed by atoms with Gasteiger partial charge in [-0.05, 0) is 18.9 Å². The minimum absolute atomic E-state index is 0.0197. The highest BCUT2D eigenvalue weighted by atomic mass is 31.2. The molecule has 3 aliphatic rings. The number of anilines is 2. The minimum Gasteiger partial charge on any atom is -0.394 e. The van der Waals surface area contributed by atoms with Gasteiger partial charge < -0.3 is 35.9 Å². The van der Waals surface area contributed by atoms with Crippen molar-refractivity contribution in [2.24, 2.45) is 0 Å². The van der Waals surface area contributed by atoms with Gasteiger partial charge in [0.15, 0.2) is 17.4 Å². The van der Waals surface area contributed by atoms with Crippen LogP contribution in [0, 0.1) is 0 Å². The molecule has 0 saturated carbocycles. The number of hydrogen-bond donors (Lipinski definition) is 5. The lowest BCUT2D eigenvalue weighted by atomic mass is 10.1. The highest BCUT2D eigenvalue weighted by molar-refractivity contribution is 7.51. The molecule has 0 bridgehead atoms. The van der Waals surface area contributed by atoms with Crippen molar-refractivity contribution >= 4 is 30.7 Å². The molecule has 3 aromatic rings. The van der Waals surface area contributed by atoms with Crippen molar-refractivity contribution in [2.75, 3.05) is 44.9 Å². The third kappa shape index (κ3) is 5.66. The van der Waals surface area contributed by atoms with Crippen LogP contribution in [-0.2, 0) is 27.8 Å². The zero-order valence-corrected chi connectivity index (χ0v) is 24.6. The summed E-state index contributed by atoms with van der Waals surface area (Å²) in [6.45, 7) is 0.0232. The number of aromatic amines is 1. The van der Waals surface area contributed by atoms with E-state index in [2.05, 4.69) is 19.9 Å². The maximum Gasteiger partial charge on any atom is 0.408 e. The number of aliphatic hydroxyl groups is 2. The molecule has 3 aromatic heterocycles. The fraction of sp³-hybridized carbons (Fsp3) is 0.625. The summed E-state index contributed by atoms with van der Waals surface area (Å²) in [7, 11) is -2.67. The van der Waals surface area contributed by atoms with E-state index in [0.29, 0.717) is 13.1 Å². The first-order chi connectivity index (χ1) is 21.1. The number of aromatic nitrogens is 6. The Morgan fingerprint density at radius 3 is 2.64 bits per heavy atom.